The van der Waals surface area contributed by atoms with E-state index >= 15 is 0 Å². The number of ether oxygens (including phenoxy) is 1. The Morgan fingerprint density at radius 1 is 1.11 bits per heavy atom. The van der Waals surface area contributed by atoms with Crippen LogP contribution in [0.15, 0.2) is 61.3 Å². The highest BCUT2D eigenvalue weighted by Crippen LogP contribution is 2.24. The SMILES string of the molecule is CO/C=C/c1cccc2c1ccn2-c1ccncc1. The summed E-state index contributed by atoms with van der Waals surface area (Å²) < 4.78 is 7.14. The summed E-state index contributed by atoms with van der Waals surface area (Å²) in [6.45, 7) is 0. The highest BCUT2D eigenvalue weighted by Gasteiger charge is 2.05. The van der Waals surface area contributed by atoms with Gasteiger partial charge in [-0.15, -0.1) is 0 Å². The van der Waals surface area contributed by atoms with Crippen molar-refractivity contribution in [1.29, 1.82) is 0 Å². The molecule has 0 radical (unpaired) electrons. The molecule has 0 aliphatic carbocycles. The standard InChI is InChI=1S/C16H14N2O/c1-19-12-8-13-3-2-4-16-15(13)7-11-18(16)14-5-9-17-10-6-14/h2-12H,1H3/b12-8+. The second-order valence-corrected chi connectivity index (χ2v) is 4.21. The van der Waals surface area contributed by atoms with E-state index < -0.39 is 0 Å². The van der Waals surface area contributed by atoms with Crippen LogP contribution in [0.2, 0.25) is 0 Å². The van der Waals surface area contributed by atoms with Crippen LogP contribution >= 0.6 is 0 Å². The molecule has 0 fully saturated rings. The van der Waals surface area contributed by atoms with E-state index in [2.05, 4.69) is 40.0 Å². The maximum Gasteiger partial charge on any atom is 0.0830 e. The molecular formula is C16H14N2O. The zero-order valence-corrected chi connectivity index (χ0v) is 10.7. The zero-order chi connectivity index (χ0) is 13.1. The van der Waals surface area contributed by atoms with Gasteiger partial charge in [0.15, 0.2) is 0 Å². The van der Waals surface area contributed by atoms with Gasteiger partial charge in [-0.3, -0.25) is 4.98 Å². The van der Waals surface area contributed by atoms with Gasteiger partial charge in [-0.25, -0.2) is 0 Å². The van der Waals surface area contributed by atoms with Crippen LogP contribution in [0.3, 0.4) is 0 Å². The molecule has 2 heterocycles. The average molecular weight is 250 g/mol. The van der Waals surface area contributed by atoms with Gasteiger partial charge in [0.2, 0.25) is 0 Å². The van der Waals surface area contributed by atoms with E-state index in [1.807, 2.05) is 18.2 Å². The van der Waals surface area contributed by atoms with Gasteiger partial charge in [0, 0.05) is 29.7 Å². The fraction of sp³-hybridized carbons (Fsp3) is 0.0625. The molecule has 0 atom stereocenters. The molecule has 0 unspecified atom stereocenters. The molecule has 0 aliphatic heterocycles. The lowest BCUT2D eigenvalue weighted by Crippen LogP contribution is -1.91. The number of nitrogens with zero attached hydrogens (tertiary/aromatic N) is 2. The Bertz CT molecular complexity index is 714. The van der Waals surface area contributed by atoms with Crippen molar-refractivity contribution in [3.05, 3.63) is 66.8 Å². The van der Waals surface area contributed by atoms with Crippen molar-refractivity contribution in [2.45, 2.75) is 0 Å². The Kier molecular flexibility index (Phi) is 3.02. The van der Waals surface area contributed by atoms with Crippen molar-refractivity contribution in [2.75, 3.05) is 7.11 Å². The van der Waals surface area contributed by atoms with Crippen molar-refractivity contribution >= 4 is 17.0 Å². The minimum absolute atomic E-state index is 1.11. The Morgan fingerprint density at radius 3 is 2.74 bits per heavy atom. The summed E-state index contributed by atoms with van der Waals surface area (Å²) in [5, 5.41) is 1.20. The molecule has 3 aromatic rings. The van der Waals surface area contributed by atoms with Gasteiger partial charge >= 0.3 is 0 Å². The van der Waals surface area contributed by atoms with Gasteiger partial charge in [0.05, 0.1) is 18.9 Å². The number of hydrogen-bond acceptors (Lipinski definition) is 2. The predicted octanol–water partition coefficient (Wildman–Crippen LogP) is 3.64. The maximum atomic E-state index is 4.99. The van der Waals surface area contributed by atoms with E-state index in [9.17, 15) is 0 Å². The molecule has 0 saturated carbocycles. The van der Waals surface area contributed by atoms with Crippen LogP contribution < -0.4 is 0 Å². The van der Waals surface area contributed by atoms with Gasteiger partial charge in [-0.05, 0) is 35.9 Å². The molecule has 0 bridgehead atoms. The van der Waals surface area contributed by atoms with Gasteiger partial charge < -0.3 is 9.30 Å². The molecule has 19 heavy (non-hydrogen) atoms. The van der Waals surface area contributed by atoms with E-state index in [4.69, 9.17) is 4.74 Å². The maximum absolute atomic E-state index is 4.99. The van der Waals surface area contributed by atoms with Crippen molar-refractivity contribution in [3.63, 3.8) is 0 Å². The number of rotatable bonds is 3. The topological polar surface area (TPSA) is 27.1 Å². The monoisotopic (exact) mass is 250 g/mol. The molecule has 3 heteroatoms. The van der Waals surface area contributed by atoms with Crippen LogP contribution in [0, 0.1) is 0 Å². The van der Waals surface area contributed by atoms with Gasteiger partial charge in [0.1, 0.15) is 0 Å². The first kappa shape index (κ1) is 11.5. The second-order valence-electron chi connectivity index (χ2n) is 4.21. The van der Waals surface area contributed by atoms with Crippen molar-refractivity contribution in [3.8, 4) is 5.69 Å². The highest BCUT2D eigenvalue weighted by molar-refractivity contribution is 5.90. The lowest BCUT2D eigenvalue weighted by atomic mass is 10.1. The van der Waals surface area contributed by atoms with Gasteiger partial charge in [-0.1, -0.05) is 12.1 Å². The normalized spacial score (nSPS) is 11.2. The second kappa shape index (κ2) is 4.98. The molecule has 3 nitrogen and oxygen atoms in total. The summed E-state index contributed by atoms with van der Waals surface area (Å²) in [6, 6.07) is 12.4. The third-order valence-corrected chi connectivity index (χ3v) is 3.09. The van der Waals surface area contributed by atoms with Gasteiger partial charge in [0.25, 0.3) is 0 Å². The van der Waals surface area contributed by atoms with Gasteiger partial charge in [-0.2, -0.15) is 0 Å². The fourth-order valence-electron chi connectivity index (χ4n) is 2.21. The van der Waals surface area contributed by atoms with E-state index in [1.165, 1.54) is 10.9 Å². The number of pyridine rings is 1. The predicted molar refractivity (Wildman–Crippen MR) is 77.1 cm³/mol. The molecule has 0 amide bonds. The lowest BCUT2D eigenvalue weighted by molar-refractivity contribution is 0.341. The van der Waals surface area contributed by atoms with Crippen LogP contribution in [0.5, 0.6) is 0 Å². The summed E-state index contributed by atoms with van der Waals surface area (Å²) in [5.41, 5.74) is 3.43. The van der Waals surface area contributed by atoms with E-state index in [-0.39, 0.29) is 0 Å². The fourth-order valence-corrected chi connectivity index (χ4v) is 2.21. The summed E-state index contributed by atoms with van der Waals surface area (Å²) in [4.78, 5) is 4.05. The Balaban J connectivity index is 2.17. The first-order chi connectivity index (χ1) is 9.40. The molecule has 3 rings (SSSR count). The van der Waals surface area contributed by atoms with Crippen LogP contribution in [0.1, 0.15) is 5.56 Å². The molecule has 0 aliphatic rings. The first-order valence-corrected chi connectivity index (χ1v) is 6.10. The molecule has 1 aromatic carbocycles. The smallest absolute Gasteiger partial charge is 0.0830 e. The molecule has 0 saturated heterocycles. The Hall–Kier alpha value is -2.55. The van der Waals surface area contributed by atoms with E-state index in [0.29, 0.717) is 0 Å². The molecule has 2 aromatic heterocycles. The molecular weight excluding hydrogens is 236 g/mol. The Labute approximate surface area is 111 Å². The lowest BCUT2D eigenvalue weighted by Gasteiger charge is -2.05. The van der Waals surface area contributed by atoms with Crippen LogP contribution in [-0.2, 0) is 4.74 Å². The molecule has 0 spiro atoms. The van der Waals surface area contributed by atoms with Crippen LogP contribution in [0.4, 0.5) is 0 Å². The number of aromatic nitrogens is 2. The minimum atomic E-state index is 1.11. The van der Waals surface area contributed by atoms with Crippen molar-refractivity contribution in [1.82, 2.24) is 9.55 Å². The quantitative estimate of drug-likeness (QED) is 0.663. The summed E-state index contributed by atoms with van der Waals surface area (Å²) in [7, 11) is 1.65. The van der Waals surface area contributed by atoms with Crippen LogP contribution in [-0.4, -0.2) is 16.7 Å². The van der Waals surface area contributed by atoms with Crippen molar-refractivity contribution in [2.24, 2.45) is 0 Å². The third kappa shape index (κ3) is 2.10. The third-order valence-electron chi connectivity index (χ3n) is 3.09. The summed E-state index contributed by atoms with van der Waals surface area (Å²) in [5.74, 6) is 0. The zero-order valence-electron chi connectivity index (χ0n) is 10.7. The number of fused-ring (bicyclic) bond motifs is 1. The minimum Gasteiger partial charge on any atom is -0.504 e. The van der Waals surface area contributed by atoms with E-state index in [0.717, 1.165) is 11.3 Å². The van der Waals surface area contributed by atoms with E-state index in [1.54, 1.807) is 25.8 Å². The largest absolute Gasteiger partial charge is 0.504 e. The molecule has 0 N–H and O–H groups in total. The summed E-state index contributed by atoms with van der Waals surface area (Å²) >= 11 is 0. The average Bonchev–Trinajstić information content (AvgIpc) is 2.90. The number of benzene rings is 1. The van der Waals surface area contributed by atoms with Crippen molar-refractivity contribution < 1.29 is 4.74 Å². The number of methoxy groups -OCH3 is 1. The summed E-state index contributed by atoms with van der Waals surface area (Å²) in [6.07, 6.45) is 9.34. The van der Waals surface area contributed by atoms with Crippen LogP contribution in [0.25, 0.3) is 22.7 Å². The molecule has 94 valence electrons. The number of hydrogen-bond donors (Lipinski definition) is 0. The Morgan fingerprint density at radius 2 is 1.95 bits per heavy atom. The highest BCUT2D eigenvalue weighted by atomic mass is 16.5. The first-order valence-electron chi connectivity index (χ1n) is 6.10.